The molecular formula is C18H25NO6. The lowest BCUT2D eigenvalue weighted by Gasteiger charge is -2.25. The average Bonchev–Trinajstić information content (AvgIpc) is 2.53. The van der Waals surface area contributed by atoms with Gasteiger partial charge in [0.15, 0.2) is 0 Å². The van der Waals surface area contributed by atoms with E-state index in [2.05, 4.69) is 4.74 Å². The Morgan fingerprint density at radius 1 is 1.12 bits per heavy atom. The predicted octanol–water partition coefficient (Wildman–Crippen LogP) is 3.64. The number of carboxylic acids is 1. The molecule has 0 aliphatic carbocycles. The molecule has 1 atom stereocenters. The van der Waals surface area contributed by atoms with E-state index in [1.54, 1.807) is 45.0 Å². The van der Waals surface area contributed by atoms with Crippen molar-refractivity contribution in [1.82, 2.24) is 4.90 Å². The Hall–Kier alpha value is -2.57. The molecule has 0 saturated carbocycles. The van der Waals surface area contributed by atoms with E-state index in [0.717, 1.165) is 4.90 Å². The molecule has 7 nitrogen and oxygen atoms in total. The van der Waals surface area contributed by atoms with Crippen molar-refractivity contribution in [3.63, 3.8) is 0 Å². The number of rotatable bonds is 6. The van der Waals surface area contributed by atoms with Gasteiger partial charge in [-0.05, 0) is 39.2 Å². The predicted molar refractivity (Wildman–Crippen MR) is 91.4 cm³/mol. The van der Waals surface area contributed by atoms with Crippen molar-refractivity contribution in [3.8, 4) is 0 Å². The van der Waals surface area contributed by atoms with Gasteiger partial charge in [-0.2, -0.15) is 0 Å². The lowest BCUT2D eigenvalue weighted by Crippen LogP contribution is -2.41. The largest absolute Gasteiger partial charge is 0.481 e. The average molecular weight is 351 g/mol. The molecule has 2 amide bonds. The van der Waals surface area contributed by atoms with Crippen LogP contribution in [0.1, 0.15) is 45.1 Å². The van der Waals surface area contributed by atoms with Gasteiger partial charge in [-0.1, -0.05) is 30.3 Å². The second-order valence-electron chi connectivity index (χ2n) is 6.55. The van der Waals surface area contributed by atoms with Gasteiger partial charge in [0, 0.05) is 6.54 Å². The van der Waals surface area contributed by atoms with Crippen molar-refractivity contribution in [2.45, 2.75) is 45.1 Å². The lowest BCUT2D eigenvalue weighted by molar-refractivity contribution is -0.139. The van der Waals surface area contributed by atoms with Gasteiger partial charge < -0.3 is 14.6 Å². The van der Waals surface area contributed by atoms with Gasteiger partial charge in [0.2, 0.25) is 0 Å². The van der Waals surface area contributed by atoms with Crippen molar-refractivity contribution < 1.29 is 29.0 Å². The first-order chi connectivity index (χ1) is 11.7. The van der Waals surface area contributed by atoms with Gasteiger partial charge in [-0.15, -0.1) is 0 Å². The Morgan fingerprint density at radius 3 is 2.20 bits per heavy atom. The topological polar surface area (TPSA) is 93.1 Å². The monoisotopic (exact) mass is 351 g/mol. The second-order valence-corrected chi connectivity index (χ2v) is 6.55. The van der Waals surface area contributed by atoms with E-state index < -0.39 is 29.7 Å². The summed E-state index contributed by atoms with van der Waals surface area (Å²) in [7, 11) is 1.17. The number of hydrogen-bond acceptors (Lipinski definition) is 5. The summed E-state index contributed by atoms with van der Waals surface area (Å²) in [5, 5.41) is 9.41. The van der Waals surface area contributed by atoms with Crippen LogP contribution in [-0.2, 0) is 14.3 Å². The molecule has 0 saturated heterocycles. The summed E-state index contributed by atoms with van der Waals surface area (Å²) in [6.07, 6.45) is -1.07. The number of carboxylic acid groups (broad SMARTS) is 1. The minimum absolute atomic E-state index is 0.0121. The first-order valence-electron chi connectivity index (χ1n) is 8.02. The molecule has 0 heterocycles. The van der Waals surface area contributed by atoms with Crippen LogP contribution in [0.25, 0.3) is 0 Å². The van der Waals surface area contributed by atoms with Crippen LogP contribution in [0.3, 0.4) is 0 Å². The molecule has 0 aliphatic heterocycles. The number of aliphatic carboxylic acids is 1. The zero-order valence-corrected chi connectivity index (χ0v) is 15.0. The maximum absolute atomic E-state index is 12.1. The van der Waals surface area contributed by atoms with Crippen molar-refractivity contribution >= 4 is 18.2 Å². The quantitative estimate of drug-likeness (QED) is 0.841. The highest BCUT2D eigenvalue weighted by Gasteiger charge is 2.28. The van der Waals surface area contributed by atoms with E-state index in [1.807, 2.05) is 6.07 Å². The van der Waals surface area contributed by atoms with E-state index in [1.165, 1.54) is 7.11 Å². The molecule has 25 heavy (non-hydrogen) atoms. The zero-order chi connectivity index (χ0) is 19.0. The number of ether oxygens (including phenoxy) is 2. The second kappa shape index (κ2) is 9.05. The van der Waals surface area contributed by atoms with E-state index >= 15 is 0 Å². The molecule has 1 N–H and O–H groups in total. The molecule has 1 aromatic rings. The van der Waals surface area contributed by atoms with Gasteiger partial charge in [0.25, 0.3) is 0 Å². The van der Waals surface area contributed by atoms with Crippen LogP contribution in [0.5, 0.6) is 0 Å². The summed E-state index contributed by atoms with van der Waals surface area (Å²) in [6.45, 7) is 5.08. The Labute approximate surface area is 147 Å². The van der Waals surface area contributed by atoms with Crippen LogP contribution in [0.15, 0.2) is 30.3 Å². The van der Waals surface area contributed by atoms with Crippen LogP contribution in [-0.4, -0.2) is 47.4 Å². The highest BCUT2D eigenvalue weighted by Crippen LogP contribution is 2.22. The molecule has 0 unspecified atom stereocenters. The van der Waals surface area contributed by atoms with Crippen LogP contribution in [0.4, 0.5) is 9.59 Å². The maximum Gasteiger partial charge on any atom is 0.419 e. The smallest absolute Gasteiger partial charge is 0.419 e. The van der Waals surface area contributed by atoms with Crippen LogP contribution in [0, 0.1) is 0 Å². The Kier molecular flexibility index (Phi) is 7.42. The summed E-state index contributed by atoms with van der Waals surface area (Å²) in [5.41, 5.74) is -0.0753. The van der Waals surface area contributed by atoms with Crippen molar-refractivity contribution in [3.05, 3.63) is 35.9 Å². The standard InChI is InChI=1S/C18H25NO6/c1-18(2,3)25-17(23)19(16(22)24-4)12-8-11-14(15(20)21)13-9-6-5-7-10-13/h5-7,9-10,14H,8,11-12H2,1-4H3,(H,20,21)/t14-/m1/s1. The number of methoxy groups -OCH3 is 1. The number of hydrogen-bond donors (Lipinski definition) is 1. The maximum atomic E-state index is 12.1. The van der Waals surface area contributed by atoms with E-state index in [9.17, 15) is 19.5 Å². The van der Waals surface area contributed by atoms with Gasteiger partial charge in [-0.3, -0.25) is 4.79 Å². The summed E-state index contributed by atoms with van der Waals surface area (Å²) in [6, 6.07) is 8.83. The van der Waals surface area contributed by atoms with E-state index in [-0.39, 0.29) is 13.0 Å². The fourth-order valence-corrected chi connectivity index (χ4v) is 2.26. The minimum Gasteiger partial charge on any atom is -0.481 e. The van der Waals surface area contributed by atoms with Crippen molar-refractivity contribution in [1.29, 1.82) is 0 Å². The molecule has 1 rings (SSSR count). The third kappa shape index (κ3) is 6.82. The molecule has 0 fully saturated rings. The minimum atomic E-state index is -0.951. The summed E-state index contributed by atoms with van der Waals surface area (Å²) in [4.78, 5) is 36.3. The number of carbonyl (C=O) groups is 3. The van der Waals surface area contributed by atoms with Gasteiger partial charge in [0.05, 0.1) is 13.0 Å². The number of imide groups is 1. The summed E-state index contributed by atoms with van der Waals surface area (Å²) in [5.74, 6) is -1.66. The molecule has 0 spiro atoms. The van der Waals surface area contributed by atoms with Gasteiger partial charge >= 0.3 is 18.2 Å². The normalized spacial score (nSPS) is 12.2. The number of nitrogens with zero attached hydrogens (tertiary/aromatic N) is 1. The SMILES string of the molecule is COC(=O)N(CCC[C@@H](C(=O)O)c1ccccc1)C(=O)OC(C)(C)C. The zero-order valence-electron chi connectivity index (χ0n) is 15.0. The fraction of sp³-hybridized carbons (Fsp3) is 0.500. The van der Waals surface area contributed by atoms with Gasteiger partial charge in [-0.25, -0.2) is 14.5 Å². The molecule has 0 aromatic heterocycles. The third-order valence-corrected chi connectivity index (χ3v) is 3.38. The Balaban J connectivity index is 2.74. The van der Waals surface area contributed by atoms with Crippen molar-refractivity contribution in [2.24, 2.45) is 0 Å². The van der Waals surface area contributed by atoms with Gasteiger partial charge in [0.1, 0.15) is 5.60 Å². The van der Waals surface area contributed by atoms with Crippen molar-refractivity contribution in [2.75, 3.05) is 13.7 Å². The highest BCUT2D eigenvalue weighted by molar-refractivity contribution is 5.87. The molecule has 0 bridgehead atoms. The number of amides is 2. The highest BCUT2D eigenvalue weighted by atomic mass is 16.6. The van der Waals surface area contributed by atoms with Crippen LogP contribution in [0.2, 0.25) is 0 Å². The molecule has 7 heteroatoms. The summed E-state index contributed by atoms with van der Waals surface area (Å²) >= 11 is 0. The lowest BCUT2D eigenvalue weighted by atomic mass is 9.94. The number of carbonyl (C=O) groups excluding carboxylic acids is 2. The molecule has 138 valence electrons. The molecule has 0 radical (unpaired) electrons. The Bertz CT molecular complexity index is 593. The molecule has 0 aliphatic rings. The fourth-order valence-electron chi connectivity index (χ4n) is 2.26. The first kappa shape index (κ1) is 20.5. The van der Waals surface area contributed by atoms with E-state index in [0.29, 0.717) is 12.0 Å². The van der Waals surface area contributed by atoms with Crippen LogP contribution < -0.4 is 0 Å². The van der Waals surface area contributed by atoms with Crippen LogP contribution >= 0.6 is 0 Å². The Morgan fingerprint density at radius 2 is 1.72 bits per heavy atom. The van der Waals surface area contributed by atoms with E-state index in [4.69, 9.17) is 4.74 Å². The first-order valence-corrected chi connectivity index (χ1v) is 8.02. The molecule has 1 aromatic carbocycles. The number of benzene rings is 1. The molecular weight excluding hydrogens is 326 g/mol. The third-order valence-electron chi connectivity index (χ3n) is 3.38. The summed E-state index contributed by atoms with van der Waals surface area (Å²) < 4.78 is 9.79.